The molecule has 29 heavy (non-hydrogen) atoms. The molecule has 3 nitrogen and oxygen atoms in total. The Labute approximate surface area is 183 Å². The first-order valence-corrected chi connectivity index (χ1v) is 13.6. The smallest absolute Gasteiger partial charge is 0.120 e. The lowest BCUT2D eigenvalue weighted by Gasteiger charge is -2.27. The van der Waals surface area contributed by atoms with Crippen LogP contribution in [0.15, 0.2) is 0 Å². The fourth-order valence-electron chi connectivity index (χ4n) is 5.21. The standard InChI is InChI=1S/C25H44N2OS/c1-3-5-7-9-19-28-23-17-15-22(16-18-23)25-27-26-24(29-25)21-13-11-20(12-14-21)10-8-6-4-2/h20-23H,3-19H2,1-2H3. The van der Waals surface area contributed by atoms with Gasteiger partial charge in [0, 0.05) is 18.4 Å². The molecule has 0 aromatic carbocycles. The van der Waals surface area contributed by atoms with E-state index in [0.29, 0.717) is 17.9 Å². The molecule has 0 spiro atoms. The first-order valence-electron chi connectivity index (χ1n) is 12.7. The third-order valence-electron chi connectivity index (χ3n) is 7.24. The van der Waals surface area contributed by atoms with E-state index in [2.05, 4.69) is 24.0 Å². The number of hydrogen-bond acceptors (Lipinski definition) is 4. The average molecular weight is 421 g/mol. The Morgan fingerprint density at radius 2 is 1.31 bits per heavy atom. The zero-order valence-corrected chi connectivity index (χ0v) is 19.9. The van der Waals surface area contributed by atoms with Gasteiger partial charge < -0.3 is 4.74 Å². The Hall–Kier alpha value is -0.480. The van der Waals surface area contributed by atoms with Crippen molar-refractivity contribution >= 4 is 11.3 Å². The molecule has 0 unspecified atom stereocenters. The number of hydrogen-bond donors (Lipinski definition) is 0. The maximum atomic E-state index is 6.13. The molecule has 2 fully saturated rings. The highest BCUT2D eigenvalue weighted by molar-refractivity contribution is 7.11. The summed E-state index contributed by atoms with van der Waals surface area (Å²) in [7, 11) is 0. The van der Waals surface area contributed by atoms with Gasteiger partial charge in [0.1, 0.15) is 10.0 Å². The summed E-state index contributed by atoms with van der Waals surface area (Å²) in [5.74, 6) is 2.29. The summed E-state index contributed by atoms with van der Waals surface area (Å²) in [5, 5.41) is 11.9. The maximum absolute atomic E-state index is 6.13. The normalized spacial score (nSPS) is 27.9. The van der Waals surface area contributed by atoms with Gasteiger partial charge in [-0.2, -0.15) is 0 Å². The summed E-state index contributed by atoms with van der Waals surface area (Å²) in [5.41, 5.74) is 0. The third-order valence-corrected chi connectivity index (χ3v) is 8.49. The number of nitrogens with zero attached hydrogens (tertiary/aromatic N) is 2. The molecule has 3 rings (SSSR count). The molecule has 0 aliphatic heterocycles. The lowest BCUT2D eigenvalue weighted by atomic mass is 9.80. The van der Waals surface area contributed by atoms with E-state index in [1.54, 1.807) is 0 Å². The monoisotopic (exact) mass is 420 g/mol. The zero-order valence-electron chi connectivity index (χ0n) is 19.0. The van der Waals surface area contributed by atoms with Crippen molar-refractivity contribution in [1.29, 1.82) is 0 Å². The first-order chi connectivity index (χ1) is 14.3. The highest BCUT2D eigenvalue weighted by Crippen LogP contribution is 2.41. The summed E-state index contributed by atoms with van der Waals surface area (Å²) in [4.78, 5) is 0. The van der Waals surface area contributed by atoms with Crippen LogP contribution in [-0.2, 0) is 4.74 Å². The third kappa shape index (κ3) is 7.61. The van der Waals surface area contributed by atoms with Crippen molar-refractivity contribution < 1.29 is 4.74 Å². The summed E-state index contributed by atoms with van der Waals surface area (Å²) in [6, 6.07) is 0. The van der Waals surface area contributed by atoms with Gasteiger partial charge in [0.15, 0.2) is 0 Å². The topological polar surface area (TPSA) is 35.0 Å². The number of unbranched alkanes of at least 4 members (excludes halogenated alkanes) is 5. The molecule has 0 atom stereocenters. The van der Waals surface area contributed by atoms with Crippen molar-refractivity contribution in [3.8, 4) is 0 Å². The maximum Gasteiger partial charge on any atom is 0.120 e. The van der Waals surface area contributed by atoms with Gasteiger partial charge in [-0.3, -0.25) is 0 Å². The van der Waals surface area contributed by atoms with Crippen molar-refractivity contribution in [1.82, 2.24) is 10.2 Å². The Balaban J connectivity index is 1.35. The minimum atomic E-state index is 0.489. The molecule has 0 N–H and O–H groups in total. The van der Waals surface area contributed by atoms with Crippen molar-refractivity contribution in [2.24, 2.45) is 5.92 Å². The van der Waals surface area contributed by atoms with Gasteiger partial charge >= 0.3 is 0 Å². The predicted molar refractivity (Wildman–Crippen MR) is 124 cm³/mol. The van der Waals surface area contributed by atoms with Gasteiger partial charge in [-0.1, -0.05) is 58.8 Å². The Kier molecular flexibility index (Phi) is 10.4. The molecule has 0 amide bonds. The van der Waals surface area contributed by atoms with Gasteiger partial charge in [-0.05, 0) is 63.7 Å². The molecule has 1 aromatic rings. The van der Waals surface area contributed by atoms with Crippen LogP contribution >= 0.6 is 11.3 Å². The summed E-state index contributed by atoms with van der Waals surface area (Å²) in [6.07, 6.45) is 21.7. The lowest BCUT2D eigenvalue weighted by Crippen LogP contribution is -2.21. The number of ether oxygens (including phenoxy) is 1. The van der Waals surface area contributed by atoms with E-state index < -0.39 is 0 Å². The van der Waals surface area contributed by atoms with Gasteiger partial charge in [0.25, 0.3) is 0 Å². The zero-order chi connectivity index (χ0) is 20.3. The number of rotatable bonds is 12. The van der Waals surface area contributed by atoms with Gasteiger partial charge in [0.05, 0.1) is 6.10 Å². The van der Waals surface area contributed by atoms with Crippen molar-refractivity contribution in [3.05, 3.63) is 10.0 Å². The van der Waals surface area contributed by atoms with Crippen LogP contribution in [0, 0.1) is 5.92 Å². The number of aromatic nitrogens is 2. The van der Waals surface area contributed by atoms with Crippen LogP contribution in [0.25, 0.3) is 0 Å². The fraction of sp³-hybridized carbons (Fsp3) is 0.920. The van der Waals surface area contributed by atoms with Crippen LogP contribution in [0.4, 0.5) is 0 Å². The fourth-order valence-corrected chi connectivity index (χ4v) is 6.40. The lowest BCUT2D eigenvalue weighted by molar-refractivity contribution is 0.0226. The SMILES string of the molecule is CCCCCCOC1CCC(c2nnc(C3CCC(CCCCC)CC3)s2)CC1. The first kappa shape index (κ1) is 23.2. The Bertz CT molecular complexity index is 545. The van der Waals surface area contributed by atoms with E-state index in [1.165, 1.54) is 113 Å². The van der Waals surface area contributed by atoms with Crippen LogP contribution in [0.2, 0.25) is 0 Å². The van der Waals surface area contributed by atoms with E-state index in [9.17, 15) is 0 Å². The molecule has 1 aromatic heterocycles. The molecule has 0 saturated heterocycles. The van der Waals surface area contributed by atoms with Crippen LogP contribution in [0.5, 0.6) is 0 Å². The quantitative estimate of drug-likeness (QED) is 0.321. The van der Waals surface area contributed by atoms with Crippen LogP contribution in [0.1, 0.15) is 138 Å². The van der Waals surface area contributed by atoms with Gasteiger partial charge in [-0.15, -0.1) is 21.5 Å². The Morgan fingerprint density at radius 3 is 1.93 bits per heavy atom. The van der Waals surface area contributed by atoms with Crippen molar-refractivity contribution in [2.45, 2.75) is 135 Å². The molecule has 0 radical (unpaired) electrons. The summed E-state index contributed by atoms with van der Waals surface area (Å²) < 4.78 is 6.13. The molecule has 166 valence electrons. The summed E-state index contributed by atoms with van der Waals surface area (Å²) in [6.45, 7) is 5.53. The molecular weight excluding hydrogens is 376 g/mol. The van der Waals surface area contributed by atoms with E-state index >= 15 is 0 Å². The van der Waals surface area contributed by atoms with Crippen molar-refractivity contribution in [3.63, 3.8) is 0 Å². The minimum absolute atomic E-state index is 0.489. The van der Waals surface area contributed by atoms with E-state index in [4.69, 9.17) is 4.74 Å². The molecule has 4 heteroatoms. The largest absolute Gasteiger partial charge is 0.378 e. The van der Waals surface area contributed by atoms with E-state index in [1.807, 2.05) is 11.3 Å². The van der Waals surface area contributed by atoms with Crippen LogP contribution < -0.4 is 0 Å². The highest BCUT2D eigenvalue weighted by Gasteiger charge is 2.28. The second kappa shape index (κ2) is 13.0. The molecule has 2 aliphatic carbocycles. The molecule has 0 bridgehead atoms. The Morgan fingerprint density at radius 1 is 0.724 bits per heavy atom. The van der Waals surface area contributed by atoms with E-state index in [-0.39, 0.29) is 0 Å². The molecular formula is C25H44N2OS. The highest BCUT2D eigenvalue weighted by atomic mass is 32.1. The molecule has 2 saturated carbocycles. The molecule has 2 aliphatic rings. The second-order valence-electron chi connectivity index (χ2n) is 9.60. The van der Waals surface area contributed by atoms with Crippen LogP contribution in [-0.4, -0.2) is 22.9 Å². The summed E-state index contributed by atoms with van der Waals surface area (Å²) >= 11 is 1.93. The molecule has 1 heterocycles. The predicted octanol–water partition coefficient (Wildman–Crippen LogP) is 8.02. The minimum Gasteiger partial charge on any atom is -0.378 e. The average Bonchev–Trinajstić information content (AvgIpc) is 3.25. The van der Waals surface area contributed by atoms with E-state index in [0.717, 1.165) is 12.5 Å². The second-order valence-corrected chi connectivity index (χ2v) is 10.6. The van der Waals surface area contributed by atoms with Gasteiger partial charge in [-0.25, -0.2) is 0 Å². The van der Waals surface area contributed by atoms with Gasteiger partial charge in [0.2, 0.25) is 0 Å². The van der Waals surface area contributed by atoms with Crippen LogP contribution in [0.3, 0.4) is 0 Å². The van der Waals surface area contributed by atoms with Crippen molar-refractivity contribution in [2.75, 3.05) is 6.61 Å².